The van der Waals surface area contributed by atoms with E-state index < -0.39 is 0 Å². The summed E-state index contributed by atoms with van der Waals surface area (Å²) in [6.45, 7) is 1.48. The van der Waals surface area contributed by atoms with Crippen molar-refractivity contribution in [3.05, 3.63) is 65.2 Å². The maximum absolute atomic E-state index is 12.5. The van der Waals surface area contributed by atoms with Gasteiger partial charge in [0.2, 0.25) is 0 Å². The molecule has 1 amide bonds. The molecule has 0 saturated heterocycles. The van der Waals surface area contributed by atoms with Crippen LogP contribution in [0.2, 0.25) is 0 Å². The third kappa shape index (κ3) is 4.89. The van der Waals surface area contributed by atoms with Gasteiger partial charge in [-0.2, -0.15) is 5.26 Å². The second kappa shape index (κ2) is 9.00. The van der Waals surface area contributed by atoms with E-state index in [0.717, 1.165) is 43.5 Å². The molecule has 1 atom stereocenters. The number of ether oxygens (including phenoxy) is 1. The lowest BCUT2D eigenvalue weighted by Crippen LogP contribution is -2.48. The standard InChI is InChI=1S/C24H27N3O2/c25-15-19-11-12-23-20(13-19)14-21(17-27(23)16-18-7-3-1-4-8-18)26-24(28)29-22-9-5-2-6-10-22/h1,3-4,7-8,11-13,21-22H,2,5-6,9-10,14,16-17H2,(H,26,28). The van der Waals surface area contributed by atoms with Crippen LogP contribution in [0.15, 0.2) is 48.5 Å². The molecule has 1 unspecified atom stereocenters. The van der Waals surface area contributed by atoms with Crippen molar-refractivity contribution in [2.75, 3.05) is 11.4 Å². The van der Waals surface area contributed by atoms with E-state index in [-0.39, 0.29) is 18.2 Å². The van der Waals surface area contributed by atoms with Crippen molar-refractivity contribution in [2.24, 2.45) is 0 Å². The third-order valence-corrected chi connectivity index (χ3v) is 5.82. The Balaban J connectivity index is 1.48. The van der Waals surface area contributed by atoms with E-state index in [9.17, 15) is 10.1 Å². The zero-order valence-corrected chi connectivity index (χ0v) is 16.6. The summed E-state index contributed by atoms with van der Waals surface area (Å²) in [5, 5.41) is 12.4. The van der Waals surface area contributed by atoms with Gasteiger partial charge in [-0.05, 0) is 61.4 Å². The molecule has 0 aromatic heterocycles. The molecule has 0 spiro atoms. The number of nitrogens with one attached hydrogen (secondary N) is 1. The van der Waals surface area contributed by atoms with Gasteiger partial charge in [-0.25, -0.2) is 4.79 Å². The van der Waals surface area contributed by atoms with Gasteiger partial charge in [0.15, 0.2) is 0 Å². The van der Waals surface area contributed by atoms with Crippen molar-refractivity contribution in [1.82, 2.24) is 5.32 Å². The normalized spacial score (nSPS) is 19.1. The highest BCUT2D eigenvalue weighted by Crippen LogP contribution is 2.30. The first kappa shape index (κ1) is 19.3. The minimum absolute atomic E-state index is 0.0451. The van der Waals surface area contributed by atoms with Crippen LogP contribution in [-0.4, -0.2) is 24.8 Å². The zero-order chi connectivity index (χ0) is 20.1. The largest absolute Gasteiger partial charge is 0.446 e. The van der Waals surface area contributed by atoms with Crippen molar-refractivity contribution in [3.63, 3.8) is 0 Å². The Morgan fingerprint density at radius 2 is 1.93 bits per heavy atom. The highest BCUT2D eigenvalue weighted by Gasteiger charge is 2.27. The molecule has 1 heterocycles. The minimum atomic E-state index is -0.318. The number of hydrogen-bond donors (Lipinski definition) is 1. The molecule has 0 bridgehead atoms. The lowest BCUT2D eigenvalue weighted by Gasteiger charge is -2.36. The monoisotopic (exact) mass is 389 g/mol. The summed E-state index contributed by atoms with van der Waals surface area (Å²) in [5.74, 6) is 0. The Kier molecular flexibility index (Phi) is 6.00. The predicted molar refractivity (Wildman–Crippen MR) is 113 cm³/mol. The molecule has 0 radical (unpaired) electrons. The molecule has 2 aromatic rings. The number of carbonyl (C=O) groups is 1. The SMILES string of the molecule is N#Cc1ccc2c(c1)CC(NC(=O)OC1CCCCC1)CN2Cc1ccccc1. The Labute approximate surface area is 172 Å². The van der Waals surface area contributed by atoms with Gasteiger partial charge < -0.3 is 15.0 Å². The predicted octanol–water partition coefficient (Wildman–Crippen LogP) is 4.55. The number of alkyl carbamates (subject to hydrolysis) is 1. The molecule has 1 aliphatic carbocycles. The Bertz CT molecular complexity index is 885. The van der Waals surface area contributed by atoms with Gasteiger partial charge in [0.25, 0.3) is 0 Å². The van der Waals surface area contributed by atoms with Gasteiger partial charge in [-0.3, -0.25) is 0 Å². The highest BCUT2D eigenvalue weighted by atomic mass is 16.6. The van der Waals surface area contributed by atoms with E-state index in [4.69, 9.17) is 4.74 Å². The maximum Gasteiger partial charge on any atom is 0.407 e. The number of fused-ring (bicyclic) bond motifs is 1. The smallest absolute Gasteiger partial charge is 0.407 e. The number of nitriles is 1. The summed E-state index contributed by atoms with van der Waals surface area (Å²) >= 11 is 0. The number of amides is 1. The van der Waals surface area contributed by atoms with Gasteiger partial charge in [0.1, 0.15) is 6.10 Å². The van der Waals surface area contributed by atoms with Crippen molar-refractivity contribution in [1.29, 1.82) is 5.26 Å². The van der Waals surface area contributed by atoms with Gasteiger partial charge in [-0.15, -0.1) is 0 Å². The fraction of sp³-hybridized carbons (Fsp3) is 0.417. The minimum Gasteiger partial charge on any atom is -0.446 e. The van der Waals surface area contributed by atoms with Crippen LogP contribution in [0.25, 0.3) is 0 Å². The first-order valence-electron chi connectivity index (χ1n) is 10.5. The summed E-state index contributed by atoms with van der Waals surface area (Å²) in [4.78, 5) is 14.8. The van der Waals surface area contributed by atoms with E-state index in [2.05, 4.69) is 28.4 Å². The van der Waals surface area contributed by atoms with Crippen molar-refractivity contribution < 1.29 is 9.53 Å². The molecule has 29 heavy (non-hydrogen) atoms. The van der Waals surface area contributed by atoms with Crippen LogP contribution in [0.5, 0.6) is 0 Å². The molecule has 1 saturated carbocycles. The van der Waals surface area contributed by atoms with Gasteiger partial charge in [-0.1, -0.05) is 36.8 Å². The lowest BCUT2D eigenvalue weighted by atomic mass is 9.95. The van der Waals surface area contributed by atoms with Crippen LogP contribution < -0.4 is 10.2 Å². The number of rotatable bonds is 4. The third-order valence-electron chi connectivity index (χ3n) is 5.82. The topological polar surface area (TPSA) is 65.4 Å². The summed E-state index contributed by atoms with van der Waals surface area (Å²) in [7, 11) is 0. The average Bonchev–Trinajstić information content (AvgIpc) is 2.74. The summed E-state index contributed by atoms with van der Waals surface area (Å²) < 4.78 is 5.66. The molecule has 4 rings (SSSR count). The molecule has 150 valence electrons. The molecular weight excluding hydrogens is 362 g/mol. The van der Waals surface area contributed by atoms with E-state index in [0.29, 0.717) is 18.5 Å². The van der Waals surface area contributed by atoms with Crippen molar-refractivity contribution in [2.45, 2.75) is 57.2 Å². The molecule has 5 nitrogen and oxygen atoms in total. The van der Waals surface area contributed by atoms with Crippen LogP contribution in [0.1, 0.15) is 48.8 Å². The molecule has 1 aliphatic heterocycles. The molecular formula is C24H27N3O2. The number of carbonyl (C=O) groups excluding carboxylic acids is 1. The first-order valence-corrected chi connectivity index (χ1v) is 10.5. The number of anilines is 1. The van der Waals surface area contributed by atoms with Gasteiger partial charge in [0.05, 0.1) is 17.7 Å². The number of benzene rings is 2. The van der Waals surface area contributed by atoms with Crippen LogP contribution in [-0.2, 0) is 17.7 Å². The molecule has 1 N–H and O–H groups in total. The maximum atomic E-state index is 12.5. The molecule has 5 heteroatoms. The van der Waals surface area contributed by atoms with Crippen LogP contribution in [0.4, 0.5) is 10.5 Å². The second-order valence-electron chi connectivity index (χ2n) is 8.03. The highest BCUT2D eigenvalue weighted by molar-refractivity contribution is 5.69. The van der Waals surface area contributed by atoms with Crippen molar-refractivity contribution >= 4 is 11.8 Å². The van der Waals surface area contributed by atoms with Gasteiger partial charge >= 0.3 is 6.09 Å². The van der Waals surface area contributed by atoms with E-state index in [1.54, 1.807) is 0 Å². The van der Waals surface area contributed by atoms with Gasteiger partial charge in [0, 0.05) is 18.8 Å². The average molecular weight is 389 g/mol. The van der Waals surface area contributed by atoms with Crippen LogP contribution in [0.3, 0.4) is 0 Å². The fourth-order valence-electron chi connectivity index (χ4n) is 4.41. The molecule has 1 fully saturated rings. The van der Waals surface area contributed by atoms with E-state index >= 15 is 0 Å². The Hall–Kier alpha value is -3.00. The van der Waals surface area contributed by atoms with E-state index in [1.807, 2.05) is 36.4 Å². The summed E-state index contributed by atoms with van der Waals surface area (Å²) in [6.07, 6.45) is 5.87. The van der Waals surface area contributed by atoms with Crippen LogP contribution in [0, 0.1) is 11.3 Å². The summed E-state index contributed by atoms with van der Waals surface area (Å²) in [5.41, 5.74) is 4.09. The summed E-state index contributed by atoms with van der Waals surface area (Å²) in [6, 6.07) is 18.3. The lowest BCUT2D eigenvalue weighted by molar-refractivity contribution is 0.0729. The van der Waals surface area contributed by atoms with Crippen molar-refractivity contribution in [3.8, 4) is 6.07 Å². The zero-order valence-electron chi connectivity index (χ0n) is 16.6. The first-order chi connectivity index (χ1) is 14.2. The Morgan fingerprint density at radius 1 is 1.14 bits per heavy atom. The number of nitrogens with zero attached hydrogens (tertiary/aromatic N) is 2. The number of hydrogen-bond acceptors (Lipinski definition) is 4. The second-order valence-corrected chi connectivity index (χ2v) is 8.03. The van der Waals surface area contributed by atoms with Crippen LogP contribution >= 0.6 is 0 Å². The Morgan fingerprint density at radius 3 is 2.69 bits per heavy atom. The molecule has 2 aromatic carbocycles. The molecule has 2 aliphatic rings. The fourth-order valence-corrected chi connectivity index (χ4v) is 4.41. The quantitative estimate of drug-likeness (QED) is 0.833. The van der Waals surface area contributed by atoms with E-state index in [1.165, 1.54) is 12.0 Å².